The third kappa shape index (κ3) is 6.36. The van der Waals surface area contributed by atoms with Crippen LogP contribution in [0.5, 0.6) is 0 Å². The molecular formula is C20H17Cl3N4OS2. The number of alkyl halides is 3. The monoisotopic (exact) mass is 498 g/mol. The molecule has 0 aliphatic carbocycles. The number of hydrogen-bond acceptors (Lipinski definition) is 5. The molecule has 0 saturated carbocycles. The van der Waals surface area contributed by atoms with Crippen LogP contribution in [0.4, 0.5) is 5.69 Å². The number of benzene rings is 1. The molecule has 0 fully saturated rings. The average Bonchev–Trinajstić information content (AvgIpc) is 3.24. The molecule has 0 aliphatic heterocycles. The number of rotatable bonds is 5. The largest absolute Gasteiger partial charge is 0.333 e. The minimum Gasteiger partial charge on any atom is -0.333 e. The van der Waals surface area contributed by atoms with E-state index in [1.165, 1.54) is 29.2 Å². The molecule has 2 N–H and O–H groups in total. The van der Waals surface area contributed by atoms with E-state index in [9.17, 15) is 4.79 Å². The fourth-order valence-corrected chi connectivity index (χ4v) is 3.84. The van der Waals surface area contributed by atoms with Crippen LogP contribution in [0.25, 0.3) is 17.0 Å². The molecule has 156 valence electrons. The van der Waals surface area contributed by atoms with Crippen LogP contribution in [0.3, 0.4) is 0 Å². The lowest BCUT2D eigenvalue weighted by Crippen LogP contribution is -2.42. The van der Waals surface area contributed by atoms with Gasteiger partial charge in [-0.3, -0.25) is 9.78 Å². The summed E-state index contributed by atoms with van der Waals surface area (Å²) in [6, 6.07) is 13.4. The molecule has 0 saturated heterocycles. The van der Waals surface area contributed by atoms with E-state index in [1.54, 1.807) is 12.3 Å². The van der Waals surface area contributed by atoms with E-state index >= 15 is 0 Å². The summed E-state index contributed by atoms with van der Waals surface area (Å²) in [5.41, 5.74) is 1.54. The molecule has 1 amide bonds. The van der Waals surface area contributed by atoms with Gasteiger partial charge in [-0.05, 0) is 35.9 Å². The summed E-state index contributed by atoms with van der Waals surface area (Å²) in [6.07, 6.45) is 5.52. The predicted octanol–water partition coefficient (Wildman–Crippen LogP) is 5.95. The highest BCUT2D eigenvalue weighted by molar-refractivity contribution is 8.13. The van der Waals surface area contributed by atoms with Crippen LogP contribution < -0.4 is 10.6 Å². The molecule has 0 spiro atoms. The standard InChI is InChI=1S/C20H17Cl3N4OS2/c1-29-19(25-15-8-2-5-13-6-3-11-24-17(13)15)27-18(20(21,22)23)26-16(28)10-9-14-7-4-12-30-14/h2-12,18H,1H3,(H,25,27)(H,26,28). The third-order valence-electron chi connectivity index (χ3n) is 3.85. The van der Waals surface area contributed by atoms with Crippen molar-refractivity contribution in [1.29, 1.82) is 0 Å². The van der Waals surface area contributed by atoms with Gasteiger partial charge in [0.2, 0.25) is 9.70 Å². The molecule has 2 aromatic heterocycles. The first-order chi connectivity index (χ1) is 14.4. The number of thiophene rings is 1. The van der Waals surface area contributed by atoms with Gasteiger partial charge in [0.15, 0.2) is 11.3 Å². The fraction of sp³-hybridized carbons (Fsp3) is 0.150. The number of nitrogens with one attached hydrogen (secondary N) is 2. The Hall–Kier alpha value is -1.77. The number of amidine groups is 1. The van der Waals surface area contributed by atoms with E-state index in [0.717, 1.165) is 21.5 Å². The van der Waals surface area contributed by atoms with Gasteiger partial charge in [-0.25, -0.2) is 4.99 Å². The second kappa shape index (κ2) is 10.5. The molecule has 30 heavy (non-hydrogen) atoms. The number of aromatic nitrogens is 1. The number of nitrogens with zero attached hydrogens (tertiary/aromatic N) is 2. The average molecular weight is 500 g/mol. The Balaban J connectivity index is 1.81. The van der Waals surface area contributed by atoms with Crippen molar-refractivity contribution in [2.75, 3.05) is 11.6 Å². The highest BCUT2D eigenvalue weighted by Crippen LogP contribution is 2.32. The molecule has 3 rings (SSSR count). The first-order valence-electron chi connectivity index (χ1n) is 8.68. The van der Waals surface area contributed by atoms with Gasteiger partial charge in [0.05, 0.1) is 11.2 Å². The van der Waals surface area contributed by atoms with Crippen LogP contribution in [0.1, 0.15) is 4.88 Å². The summed E-state index contributed by atoms with van der Waals surface area (Å²) in [4.78, 5) is 22.1. The number of para-hydroxylation sites is 1. The number of anilines is 1. The van der Waals surface area contributed by atoms with E-state index in [-0.39, 0.29) is 0 Å². The topological polar surface area (TPSA) is 66.4 Å². The number of carbonyl (C=O) groups excluding carboxylic acids is 1. The summed E-state index contributed by atoms with van der Waals surface area (Å²) in [7, 11) is 0. The molecule has 0 radical (unpaired) electrons. The Labute approximate surface area is 197 Å². The second-order valence-electron chi connectivity index (χ2n) is 5.95. The summed E-state index contributed by atoms with van der Waals surface area (Å²) >= 11 is 21.1. The van der Waals surface area contributed by atoms with Crippen molar-refractivity contribution in [3.63, 3.8) is 0 Å². The number of aliphatic imine (C=N–C) groups is 1. The van der Waals surface area contributed by atoms with Crippen molar-refractivity contribution in [2.45, 2.75) is 9.96 Å². The maximum Gasteiger partial charge on any atom is 0.245 e. The summed E-state index contributed by atoms with van der Waals surface area (Å²) in [5, 5.41) is 9.21. The second-order valence-corrected chi connectivity index (χ2v) is 10.1. The Morgan fingerprint density at radius 1 is 1.23 bits per heavy atom. The number of pyridine rings is 1. The first kappa shape index (κ1) is 22.9. The molecule has 10 heteroatoms. The number of halogens is 3. The normalized spacial score (nSPS) is 13.5. The van der Waals surface area contributed by atoms with Crippen molar-refractivity contribution in [2.24, 2.45) is 4.99 Å². The van der Waals surface area contributed by atoms with Crippen molar-refractivity contribution in [1.82, 2.24) is 10.3 Å². The zero-order valence-electron chi connectivity index (χ0n) is 15.7. The molecule has 2 heterocycles. The van der Waals surface area contributed by atoms with Crippen LogP contribution in [0, 0.1) is 0 Å². The van der Waals surface area contributed by atoms with Gasteiger partial charge in [0.1, 0.15) is 0 Å². The third-order valence-corrected chi connectivity index (χ3v) is 5.90. The molecular weight excluding hydrogens is 483 g/mol. The molecule has 0 aliphatic rings. The van der Waals surface area contributed by atoms with Gasteiger partial charge in [-0.15, -0.1) is 11.3 Å². The lowest BCUT2D eigenvalue weighted by atomic mass is 10.2. The number of carbonyl (C=O) groups is 1. The van der Waals surface area contributed by atoms with Crippen molar-refractivity contribution in [3.05, 3.63) is 65.0 Å². The van der Waals surface area contributed by atoms with Crippen LogP contribution in [0.2, 0.25) is 0 Å². The first-order valence-corrected chi connectivity index (χ1v) is 11.9. The van der Waals surface area contributed by atoms with E-state index < -0.39 is 15.9 Å². The van der Waals surface area contributed by atoms with Gasteiger partial charge in [-0.2, -0.15) is 0 Å². The highest BCUT2D eigenvalue weighted by atomic mass is 35.6. The molecule has 3 aromatic rings. The van der Waals surface area contributed by atoms with Gasteiger partial charge < -0.3 is 10.6 Å². The molecule has 1 atom stereocenters. The zero-order chi connectivity index (χ0) is 21.6. The van der Waals surface area contributed by atoms with Gasteiger partial charge >= 0.3 is 0 Å². The van der Waals surface area contributed by atoms with Crippen molar-refractivity contribution >= 4 is 91.6 Å². The zero-order valence-corrected chi connectivity index (χ0v) is 19.6. The minimum atomic E-state index is -1.84. The number of thioether (sulfide) groups is 1. The summed E-state index contributed by atoms with van der Waals surface area (Å²) < 4.78 is -1.84. The van der Waals surface area contributed by atoms with Gasteiger partial charge in [-0.1, -0.05) is 70.8 Å². The molecule has 1 unspecified atom stereocenters. The molecule has 1 aromatic carbocycles. The van der Waals surface area contributed by atoms with Crippen molar-refractivity contribution < 1.29 is 4.79 Å². The van der Waals surface area contributed by atoms with E-state index in [2.05, 4.69) is 20.6 Å². The van der Waals surface area contributed by atoms with Gasteiger partial charge in [0, 0.05) is 22.5 Å². The maximum absolute atomic E-state index is 12.3. The fourth-order valence-electron chi connectivity index (χ4n) is 2.49. The Bertz CT molecular complexity index is 1060. The summed E-state index contributed by atoms with van der Waals surface area (Å²) in [6.45, 7) is 0. The summed E-state index contributed by atoms with van der Waals surface area (Å²) in [5.74, 6) is -0.421. The number of amides is 1. The van der Waals surface area contributed by atoms with E-state index in [0.29, 0.717) is 5.17 Å². The lowest BCUT2D eigenvalue weighted by Gasteiger charge is -2.22. The molecule has 0 bridgehead atoms. The smallest absolute Gasteiger partial charge is 0.245 e. The van der Waals surface area contributed by atoms with Crippen LogP contribution in [-0.4, -0.2) is 32.3 Å². The minimum absolute atomic E-state index is 0.421. The van der Waals surface area contributed by atoms with E-state index in [4.69, 9.17) is 34.8 Å². The maximum atomic E-state index is 12.3. The lowest BCUT2D eigenvalue weighted by molar-refractivity contribution is -0.117. The predicted molar refractivity (Wildman–Crippen MR) is 132 cm³/mol. The quantitative estimate of drug-likeness (QED) is 0.197. The number of hydrogen-bond donors (Lipinski definition) is 2. The Kier molecular flexibility index (Phi) is 8.02. The Morgan fingerprint density at radius 3 is 2.73 bits per heavy atom. The van der Waals surface area contributed by atoms with Gasteiger partial charge in [0.25, 0.3) is 0 Å². The highest BCUT2D eigenvalue weighted by Gasteiger charge is 2.34. The van der Waals surface area contributed by atoms with E-state index in [1.807, 2.05) is 54.1 Å². The SMILES string of the molecule is CSC(=NC(NC(=O)C=Cc1cccs1)C(Cl)(Cl)Cl)Nc1cccc2cccnc12. The van der Waals surface area contributed by atoms with Crippen molar-refractivity contribution in [3.8, 4) is 0 Å². The van der Waals surface area contributed by atoms with Crippen LogP contribution >= 0.6 is 57.9 Å². The number of fused-ring (bicyclic) bond motifs is 1. The molecule has 5 nitrogen and oxygen atoms in total. The Morgan fingerprint density at radius 2 is 2.03 bits per heavy atom. The van der Waals surface area contributed by atoms with Crippen LogP contribution in [-0.2, 0) is 4.79 Å². The van der Waals surface area contributed by atoms with Crippen LogP contribution in [0.15, 0.2) is 65.1 Å².